The van der Waals surface area contributed by atoms with Crippen LogP contribution in [0.4, 0.5) is 0 Å². The fourth-order valence-electron chi connectivity index (χ4n) is 1.15. The Morgan fingerprint density at radius 3 is 1.05 bits per heavy atom. The molecule has 0 atom stereocenters. The number of carbonyl (C=O) groups excluding carboxylic acids is 3. The molecular weight excluding hydrogens is 367 g/mol. The van der Waals surface area contributed by atoms with Crippen LogP contribution in [0.15, 0.2) is 60.7 Å². The molecule has 0 amide bonds. The van der Waals surface area contributed by atoms with Crippen LogP contribution in [0.1, 0.15) is 20.7 Å². The molecule has 0 aliphatic rings. The van der Waals surface area contributed by atoms with Crippen molar-refractivity contribution in [1.82, 2.24) is 0 Å². The maximum Gasteiger partial charge on any atom is 2.00 e. The van der Waals surface area contributed by atoms with Gasteiger partial charge in [-0.3, -0.25) is 0 Å². The Morgan fingerprint density at radius 1 is 0.667 bits per heavy atom. The standard InChI is InChI=1S/2C7H6O2.CH2O.Pd/c2*8-7(9)6-4-2-1-3-5-6;1-2;/h2*1-5H,(H,8,9);1H2;/q;;;+2/p-2. The summed E-state index contributed by atoms with van der Waals surface area (Å²) in [5.74, 6) is -2.26. The van der Waals surface area contributed by atoms with Crippen LogP contribution >= 0.6 is 0 Å². The number of rotatable bonds is 2. The first-order valence-electron chi connectivity index (χ1n) is 5.43. The van der Waals surface area contributed by atoms with Crippen LogP contribution in [0, 0.1) is 0 Å². The number of carboxylic acids is 2. The number of carbonyl (C=O) groups is 3. The van der Waals surface area contributed by atoms with E-state index < -0.39 is 11.9 Å². The number of hydrogen-bond acceptors (Lipinski definition) is 5. The average molecular weight is 379 g/mol. The number of benzene rings is 2. The summed E-state index contributed by atoms with van der Waals surface area (Å²) in [6.07, 6.45) is 0. The predicted molar refractivity (Wildman–Crippen MR) is 68.7 cm³/mol. The zero-order chi connectivity index (χ0) is 15.4. The van der Waals surface area contributed by atoms with E-state index in [1.807, 2.05) is 6.79 Å². The molecule has 2 rings (SSSR count). The van der Waals surface area contributed by atoms with Crippen molar-refractivity contribution in [2.45, 2.75) is 0 Å². The molecule has 0 aliphatic carbocycles. The molecule has 0 saturated heterocycles. The maximum absolute atomic E-state index is 10.1. The topological polar surface area (TPSA) is 97.3 Å². The summed E-state index contributed by atoms with van der Waals surface area (Å²) in [5.41, 5.74) is 0.440. The Labute approximate surface area is 135 Å². The summed E-state index contributed by atoms with van der Waals surface area (Å²) in [4.78, 5) is 28.2. The van der Waals surface area contributed by atoms with E-state index in [4.69, 9.17) is 4.79 Å². The molecule has 0 bridgehead atoms. The van der Waals surface area contributed by atoms with Gasteiger partial charge in [-0.15, -0.1) is 0 Å². The van der Waals surface area contributed by atoms with E-state index >= 15 is 0 Å². The van der Waals surface area contributed by atoms with Crippen LogP contribution in [-0.2, 0) is 25.2 Å². The van der Waals surface area contributed by atoms with Crippen molar-refractivity contribution in [3.8, 4) is 0 Å². The Kier molecular flexibility index (Phi) is 12.7. The van der Waals surface area contributed by atoms with Gasteiger partial charge in [-0.2, -0.15) is 0 Å². The molecule has 0 saturated carbocycles. The smallest absolute Gasteiger partial charge is 0.545 e. The third-order valence-electron chi connectivity index (χ3n) is 2.02. The predicted octanol–water partition coefficient (Wildman–Crippen LogP) is -0.0872. The fraction of sp³-hybridized carbons (Fsp3) is 0. The SMILES string of the molecule is C=O.O=C([O-])c1ccccc1.O=C([O-])c1ccccc1.[Pd+2]. The van der Waals surface area contributed by atoms with Crippen molar-refractivity contribution in [3.05, 3.63) is 71.8 Å². The summed E-state index contributed by atoms with van der Waals surface area (Å²) < 4.78 is 0. The molecule has 0 unspecified atom stereocenters. The first kappa shape index (κ1) is 21.0. The van der Waals surface area contributed by atoms with Crippen molar-refractivity contribution in [3.63, 3.8) is 0 Å². The van der Waals surface area contributed by atoms with Crippen LogP contribution in [-0.4, -0.2) is 18.7 Å². The zero-order valence-electron chi connectivity index (χ0n) is 10.8. The molecule has 21 heavy (non-hydrogen) atoms. The second-order valence-electron chi connectivity index (χ2n) is 3.31. The van der Waals surface area contributed by atoms with Crippen molar-refractivity contribution in [1.29, 1.82) is 0 Å². The minimum atomic E-state index is -1.13. The molecule has 5 nitrogen and oxygen atoms in total. The molecule has 0 N–H and O–H groups in total. The minimum Gasteiger partial charge on any atom is -0.545 e. The van der Waals surface area contributed by atoms with Gasteiger partial charge in [0.1, 0.15) is 6.79 Å². The van der Waals surface area contributed by atoms with Gasteiger partial charge in [-0.1, -0.05) is 60.7 Å². The molecule has 0 heterocycles. The largest absolute Gasteiger partial charge is 2.00 e. The Bertz CT molecular complexity index is 479. The van der Waals surface area contributed by atoms with Crippen LogP contribution in [0.3, 0.4) is 0 Å². The fourth-order valence-corrected chi connectivity index (χ4v) is 1.15. The quantitative estimate of drug-likeness (QED) is 0.680. The van der Waals surface area contributed by atoms with Gasteiger partial charge in [0.15, 0.2) is 0 Å². The number of aromatic carboxylic acids is 2. The van der Waals surface area contributed by atoms with E-state index in [0.717, 1.165) is 0 Å². The van der Waals surface area contributed by atoms with Gasteiger partial charge >= 0.3 is 20.4 Å². The molecule has 0 fully saturated rings. The molecule has 6 heteroatoms. The molecule has 0 spiro atoms. The summed E-state index contributed by atoms with van der Waals surface area (Å²) in [6, 6.07) is 16.1. The summed E-state index contributed by atoms with van der Waals surface area (Å²) >= 11 is 0. The van der Waals surface area contributed by atoms with E-state index in [0.29, 0.717) is 0 Å². The van der Waals surface area contributed by atoms with E-state index in [1.54, 1.807) is 36.4 Å². The monoisotopic (exact) mass is 378 g/mol. The van der Waals surface area contributed by atoms with Gasteiger partial charge in [0.05, 0.1) is 11.9 Å². The van der Waals surface area contributed by atoms with Gasteiger partial charge in [0.2, 0.25) is 0 Å². The maximum atomic E-state index is 10.1. The first-order chi connectivity index (χ1) is 9.61. The molecule has 0 aromatic heterocycles. The Balaban J connectivity index is 0. The number of hydrogen-bond donors (Lipinski definition) is 0. The average Bonchev–Trinajstić information content (AvgIpc) is 2.51. The summed E-state index contributed by atoms with van der Waals surface area (Å²) in [7, 11) is 0. The second kappa shape index (κ2) is 12.7. The van der Waals surface area contributed by atoms with Crippen molar-refractivity contribution < 1.29 is 45.0 Å². The zero-order valence-corrected chi connectivity index (χ0v) is 12.4. The molecule has 0 aliphatic heterocycles. The molecule has 0 radical (unpaired) electrons. The van der Waals surface area contributed by atoms with Crippen LogP contribution in [0.5, 0.6) is 0 Å². The van der Waals surface area contributed by atoms with Gasteiger partial charge in [-0.25, -0.2) is 0 Å². The first-order valence-corrected chi connectivity index (χ1v) is 5.43. The summed E-state index contributed by atoms with van der Waals surface area (Å²) in [6.45, 7) is 2.00. The van der Waals surface area contributed by atoms with Crippen LogP contribution in [0.25, 0.3) is 0 Å². The molecular formula is C15H12O5Pd. The third kappa shape index (κ3) is 9.28. The Hall–Kier alpha value is -2.29. The van der Waals surface area contributed by atoms with Crippen LogP contribution in [0.2, 0.25) is 0 Å². The third-order valence-corrected chi connectivity index (χ3v) is 2.02. The second-order valence-corrected chi connectivity index (χ2v) is 3.31. The Morgan fingerprint density at radius 2 is 0.905 bits per heavy atom. The number of carboxylic acid groups (broad SMARTS) is 2. The van der Waals surface area contributed by atoms with Gasteiger partial charge in [0, 0.05) is 0 Å². The van der Waals surface area contributed by atoms with Crippen LogP contribution < -0.4 is 10.2 Å². The molecule has 2 aromatic carbocycles. The van der Waals surface area contributed by atoms with Gasteiger partial charge in [-0.05, 0) is 11.1 Å². The summed E-state index contributed by atoms with van der Waals surface area (Å²) in [5, 5.41) is 20.2. The molecule has 2 aromatic rings. The molecule has 112 valence electrons. The minimum absolute atomic E-state index is 0. The van der Waals surface area contributed by atoms with Gasteiger partial charge in [0.25, 0.3) is 0 Å². The normalized spacial score (nSPS) is 7.81. The van der Waals surface area contributed by atoms with Crippen molar-refractivity contribution >= 4 is 18.7 Å². The van der Waals surface area contributed by atoms with E-state index in [2.05, 4.69) is 0 Å². The van der Waals surface area contributed by atoms with Gasteiger partial charge < -0.3 is 24.6 Å². The van der Waals surface area contributed by atoms with Crippen molar-refractivity contribution in [2.24, 2.45) is 0 Å². The van der Waals surface area contributed by atoms with Crippen molar-refractivity contribution in [2.75, 3.05) is 0 Å². The van der Waals surface area contributed by atoms with E-state index in [1.165, 1.54) is 24.3 Å². The van der Waals surface area contributed by atoms with E-state index in [-0.39, 0.29) is 31.5 Å². The van der Waals surface area contributed by atoms with E-state index in [9.17, 15) is 19.8 Å².